The molecule has 1 saturated heterocycles. The molecule has 156 valence electrons. The van der Waals surface area contributed by atoms with E-state index in [1.807, 2.05) is 48.5 Å². The number of ether oxygens (including phenoxy) is 1. The zero-order chi connectivity index (χ0) is 21.1. The van der Waals surface area contributed by atoms with Gasteiger partial charge in [0.2, 0.25) is 0 Å². The lowest BCUT2D eigenvalue weighted by atomic mass is 9.94. The Morgan fingerprint density at radius 2 is 1.83 bits per heavy atom. The number of amides is 1. The van der Waals surface area contributed by atoms with E-state index < -0.39 is 0 Å². The number of hydrogen-bond donors (Lipinski definition) is 1. The van der Waals surface area contributed by atoms with E-state index in [-0.39, 0.29) is 11.9 Å². The van der Waals surface area contributed by atoms with E-state index in [9.17, 15) is 4.79 Å². The monoisotopic (exact) mass is 440 g/mol. The number of thiophene rings is 1. The molecule has 1 amide bonds. The SMILES string of the molecule is Cc1sc(NC(=O)c2ccccc2)c([C@@H](c2cccc(Cl)c2)N2CCOCC2)c1C. The molecular weight excluding hydrogens is 416 g/mol. The molecule has 1 aliphatic rings. The maximum absolute atomic E-state index is 12.9. The van der Waals surface area contributed by atoms with Gasteiger partial charge in [-0.3, -0.25) is 9.69 Å². The van der Waals surface area contributed by atoms with Crippen molar-refractivity contribution in [1.29, 1.82) is 0 Å². The fraction of sp³-hybridized carbons (Fsp3) is 0.292. The minimum Gasteiger partial charge on any atom is -0.379 e. The Bertz CT molecular complexity index is 1030. The van der Waals surface area contributed by atoms with E-state index in [0.29, 0.717) is 23.8 Å². The molecule has 0 saturated carbocycles. The van der Waals surface area contributed by atoms with Gasteiger partial charge in [-0.1, -0.05) is 41.9 Å². The number of rotatable bonds is 5. The number of anilines is 1. The highest BCUT2D eigenvalue weighted by atomic mass is 35.5. The summed E-state index contributed by atoms with van der Waals surface area (Å²) in [7, 11) is 0. The third-order valence-corrected chi connectivity index (χ3v) is 6.92. The number of carbonyl (C=O) groups excluding carboxylic acids is 1. The molecule has 1 aliphatic heterocycles. The van der Waals surface area contributed by atoms with Gasteiger partial charge in [0, 0.05) is 34.1 Å². The van der Waals surface area contributed by atoms with Crippen LogP contribution in [0, 0.1) is 13.8 Å². The average molecular weight is 441 g/mol. The van der Waals surface area contributed by atoms with Crippen LogP contribution in [0.1, 0.15) is 38.0 Å². The molecule has 2 heterocycles. The molecule has 1 N–H and O–H groups in total. The largest absolute Gasteiger partial charge is 0.379 e. The summed E-state index contributed by atoms with van der Waals surface area (Å²) in [6, 6.07) is 17.4. The molecule has 1 atom stereocenters. The maximum atomic E-state index is 12.9. The van der Waals surface area contributed by atoms with Crippen LogP contribution in [0.5, 0.6) is 0 Å². The van der Waals surface area contributed by atoms with Crippen molar-refractivity contribution in [2.24, 2.45) is 0 Å². The highest BCUT2D eigenvalue weighted by molar-refractivity contribution is 7.16. The van der Waals surface area contributed by atoms with Crippen molar-refractivity contribution in [3.05, 3.63) is 86.8 Å². The van der Waals surface area contributed by atoms with Gasteiger partial charge in [-0.15, -0.1) is 11.3 Å². The molecule has 2 aromatic carbocycles. The molecule has 0 aliphatic carbocycles. The highest BCUT2D eigenvalue weighted by Crippen LogP contribution is 2.43. The molecule has 1 aromatic heterocycles. The number of aryl methyl sites for hydroxylation is 1. The van der Waals surface area contributed by atoms with Crippen molar-refractivity contribution in [3.8, 4) is 0 Å². The first-order valence-corrected chi connectivity index (χ1v) is 11.3. The van der Waals surface area contributed by atoms with Crippen LogP contribution in [0.15, 0.2) is 54.6 Å². The van der Waals surface area contributed by atoms with Crippen LogP contribution in [0.4, 0.5) is 5.00 Å². The molecular formula is C24H25ClN2O2S. The quantitative estimate of drug-likeness (QED) is 0.553. The summed E-state index contributed by atoms with van der Waals surface area (Å²) in [5.74, 6) is -0.0927. The molecule has 30 heavy (non-hydrogen) atoms. The summed E-state index contributed by atoms with van der Waals surface area (Å²) >= 11 is 7.99. The Labute approximate surface area is 186 Å². The minimum absolute atomic E-state index is 0.00335. The van der Waals surface area contributed by atoms with Crippen molar-refractivity contribution >= 4 is 33.8 Å². The van der Waals surface area contributed by atoms with Gasteiger partial charge in [-0.05, 0) is 49.2 Å². The second kappa shape index (κ2) is 9.31. The van der Waals surface area contributed by atoms with Gasteiger partial charge in [-0.2, -0.15) is 0 Å². The summed E-state index contributed by atoms with van der Waals surface area (Å²) in [5, 5.41) is 4.79. The number of carbonyl (C=O) groups is 1. The lowest BCUT2D eigenvalue weighted by Gasteiger charge is -2.35. The van der Waals surface area contributed by atoms with E-state index in [1.54, 1.807) is 11.3 Å². The Kier molecular flexibility index (Phi) is 6.54. The van der Waals surface area contributed by atoms with E-state index >= 15 is 0 Å². The van der Waals surface area contributed by atoms with E-state index in [4.69, 9.17) is 16.3 Å². The first-order valence-electron chi connectivity index (χ1n) is 10.1. The summed E-state index contributed by atoms with van der Waals surface area (Å²) in [5.41, 5.74) is 4.13. The predicted molar refractivity (Wildman–Crippen MR) is 124 cm³/mol. The number of nitrogens with one attached hydrogen (secondary N) is 1. The lowest BCUT2D eigenvalue weighted by Crippen LogP contribution is -2.40. The fourth-order valence-electron chi connectivity index (χ4n) is 3.90. The van der Waals surface area contributed by atoms with Crippen molar-refractivity contribution in [3.63, 3.8) is 0 Å². The van der Waals surface area contributed by atoms with Gasteiger partial charge in [0.1, 0.15) is 5.00 Å². The fourth-order valence-corrected chi connectivity index (χ4v) is 5.19. The van der Waals surface area contributed by atoms with Gasteiger partial charge in [0.25, 0.3) is 5.91 Å². The Balaban J connectivity index is 1.77. The first-order chi connectivity index (χ1) is 14.5. The summed E-state index contributed by atoms with van der Waals surface area (Å²) in [6.45, 7) is 7.30. The molecule has 3 aromatic rings. The Morgan fingerprint density at radius 1 is 1.10 bits per heavy atom. The van der Waals surface area contributed by atoms with Crippen molar-refractivity contribution in [1.82, 2.24) is 4.90 Å². The smallest absolute Gasteiger partial charge is 0.256 e. The number of halogens is 1. The molecule has 0 spiro atoms. The second-order valence-electron chi connectivity index (χ2n) is 7.45. The summed E-state index contributed by atoms with van der Waals surface area (Å²) < 4.78 is 5.60. The standard InChI is InChI=1S/C24H25ClN2O2S/c1-16-17(2)30-24(26-23(28)18-7-4-3-5-8-18)21(16)22(27-11-13-29-14-12-27)19-9-6-10-20(25)15-19/h3-10,15,22H,11-14H2,1-2H3,(H,26,28)/t22-/m1/s1. The van der Waals surface area contributed by atoms with Gasteiger partial charge in [0.15, 0.2) is 0 Å². The molecule has 1 fully saturated rings. The lowest BCUT2D eigenvalue weighted by molar-refractivity contribution is 0.0240. The average Bonchev–Trinajstić information content (AvgIpc) is 3.03. The van der Waals surface area contributed by atoms with Crippen molar-refractivity contribution in [2.45, 2.75) is 19.9 Å². The first kappa shape index (κ1) is 21.1. The maximum Gasteiger partial charge on any atom is 0.256 e. The number of nitrogens with zero attached hydrogens (tertiary/aromatic N) is 1. The normalized spacial score (nSPS) is 15.7. The summed E-state index contributed by atoms with van der Waals surface area (Å²) in [6.07, 6.45) is 0. The second-order valence-corrected chi connectivity index (χ2v) is 9.11. The van der Waals surface area contributed by atoms with E-state index in [0.717, 1.165) is 29.2 Å². The zero-order valence-corrected chi connectivity index (χ0v) is 18.7. The zero-order valence-electron chi connectivity index (χ0n) is 17.2. The van der Waals surface area contributed by atoms with E-state index in [2.05, 4.69) is 30.1 Å². The van der Waals surface area contributed by atoms with Gasteiger partial charge in [-0.25, -0.2) is 0 Å². The van der Waals surface area contributed by atoms with Crippen LogP contribution in [-0.4, -0.2) is 37.1 Å². The third-order valence-electron chi connectivity index (χ3n) is 5.54. The van der Waals surface area contributed by atoms with Crippen LogP contribution in [0.25, 0.3) is 0 Å². The summed E-state index contributed by atoms with van der Waals surface area (Å²) in [4.78, 5) is 16.5. The van der Waals surface area contributed by atoms with Gasteiger partial charge >= 0.3 is 0 Å². The predicted octanol–water partition coefficient (Wildman–Crippen LogP) is 5.69. The molecule has 4 rings (SSSR count). The molecule has 0 unspecified atom stereocenters. The highest BCUT2D eigenvalue weighted by Gasteiger charge is 2.30. The van der Waals surface area contributed by atoms with Crippen LogP contribution in [0.2, 0.25) is 5.02 Å². The molecule has 4 nitrogen and oxygen atoms in total. The number of benzene rings is 2. The van der Waals surface area contributed by atoms with E-state index in [1.165, 1.54) is 10.4 Å². The van der Waals surface area contributed by atoms with Crippen molar-refractivity contribution in [2.75, 3.05) is 31.6 Å². The van der Waals surface area contributed by atoms with Crippen LogP contribution < -0.4 is 5.32 Å². The van der Waals surface area contributed by atoms with Crippen LogP contribution >= 0.6 is 22.9 Å². The number of morpholine rings is 1. The van der Waals surface area contributed by atoms with Gasteiger partial charge in [0.05, 0.1) is 19.3 Å². The topological polar surface area (TPSA) is 41.6 Å². The minimum atomic E-state index is -0.0927. The third kappa shape index (κ3) is 4.44. The number of hydrogen-bond acceptors (Lipinski definition) is 4. The molecule has 6 heteroatoms. The van der Waals surface area contributed by atoms with Crippen LogP contribution in [0.3, 0.4) is 0 Å². The van der Waals surface area contributed by atoms with Gasteiger partial charge < -0.3 is 10.1 Å². The van der Waals surface area contributed by atoms with Crippen molar-refractivity contribution < 1.29 is 9.53 Å². The molecule has 0 radical (unpaired) electrons. The molecule has 0 bridgehead atoms. The van der Waals surface area contributed by atoms with Crippen LogP contribution in [-0.2, 0) is 4.74 Å². The Morgan fingerprint density at radius 3 is 2.53 bits per heavy atom. The Hall–Kier alpha value is -2.18.